The maximum Gasteiger partial charge on any atom is 0.319 e. The van der Waals surface area contributed by atoms with Crippen LogP contribution in [-0.2, 0) is 23.8 Å². The quantitative estimate of drug-likeness (QED) is 0.532. The first-order chi connectivity index (χ1) is 8.03. The van der Waals surface area contributed by atoms with E-state index in [9.17, 15) is 14.7 Å². The van der Waals surface area contributed by atoms with E-state index in [1.165, 1.54) is 26.2 Å². The third-order valence-corrected chi connectivity index (χ3v) is 1.99. The van der Waals surface area contributed by atoms with Crippen LogP contribution < -0.4 is 0 Å². The van der Waals surface area contributed by atoms with Gasteiger partial charge in [-0.05, 0) is 0 Å². The van der Waals surface area contributed by atoms with Gasteiger partial charge in [0.25, 0.3) is 0 Å². The number of aliphatic hydroxyl groups excluding tert-OH is 1. The van der Waals surface area contributed by atoms with E-state index < -0.39 is 18.0 Å². The van der Waals surface area contributed by atoms with Crippen LogP contribution in [0.4, 0.5) is 0 Å². The zero-order valence-electron chi connectivity index (χ0n) is 10.3. The first-order valence-corrected chi connectivity index (χ1v) is 5.06. The Morgan fingerprint density at radius 1 is 1.12 bits per heavy atom. The minimum Gasteiger partial charge on any atom is -0.468 e. The normalized spacial score (nSPS) is 12.3. The highest BCUT2D eigenvalue weighted by Gasteiger charge is 2.18. The Balaban J connectivity index is 4.28. The predicted octanol–water partition coefficient (Wildman–Crippen LogP) is -1.36. The van der Waals surface area contributed by atoms with Gasteiger partial charge in [-0.2, -0.15) is 0 Å². The molecule has 0 spiro atoms. The van der Waals surface area contributed by atoms with Crippen molar-refractivity contribution in [1.82, 2.24) is 4.90 Å². The third kappa shape index (κ3) is 7.67. The molecule has 0 bridgehead atoms. The van der Waals surface area contributed by atoms with Crippen molar-refractivity contribution in [1.29, 1.82) is 0 Å². The molecule has 0 radical (unpaired) electrons. The first-order valence-electron chi connectivity index (χ1n) is 5.06. The van der Waals surface area contributed by atoms with Crippen molar-refractivity contribution in [2.24, 2.45) is 0 Å². The molecular weight excluding hydrogens is 230 g/mol. The van der Waals surface area contributed by atoms with Crippen molar-refractivity contribution in [3.05, 3.63) is 0 Å². The van der Waals surface area contributed by atoms with Gasteiger partial charge in [-0.1, -0.05) is 0 Å². The van der Waals surface area contributed by atoms with E-state index in [0.29, 0.717) is 0 Å². The molecule has 0 saturated heterocycles. The Hall–Kier alpha value is -1.18. The van der Waals surface area contributed by atoms with Crippen LogP contribution in [-0.4, -0.2) is 75.6 Å². The first kappa shape index (κ1) is 15.8. The molecule has 7 heteroatoms. The molecule has 1 unspecified atom stereocenters. The highest BCUT2D eigenvalue weighted by molar-refractivity contribution is 5.74. The third-order valence-electron chi connectivity index (χ3n) is 1.99. The summed E-state index contributed by atoms with van der Waals surface area (Å²) in [6.45, 7) is 0.0651. The lowest BCUT2D eigenvalue weighted by Crippen LogP contribution is -2.41. The molecule has 17 heavy (non-hydrogen) atoms. The predicted molar refractivity (Wildman–Crippen MR) is 58.4 cm³/mol. The van der Waals surface area contributed by atoms with Gasteiger partial charge >= 0.3 is 11.9 Å². The van der Waals surface area contributed by atoms with E-state index in [0.717, 1.165) is 0 Å². The van der Waals surface area contributed by atoms with Crippen molar-refractivity contribution in [3.63, 3.8) is 0 Å². The molecule has 0 heterocycles. The molecular formula is C10H19NO6. The summed E-state index contributed by atoms with van der Waals surface area (Å²) in [5, 5.41) is 9.52. The van der Waals surface area contributed by atoms with Crippen LogP contribution in [0.5, 0.6) is 0 Å². The van der Waals surface area contributed by atoms with Crippen molar-refractivity contribution in [2.45, 2.75) is 6.10 Å². The van der Waals surface area contributed by atoms with Gasteiger partial charge in [0.2, 0.25) is 0 Å². The molecule has 0 aromatic rings. The Morgan fingerprint density at radius 3 is 1.94 bits per heavy atom. The van der Waals surface area contributed by atoms with Gasteiger partial charge < -0.3 is 19.3 Å². The van der Waals surface area contributed by atoms with Crippen LogP contribution in [0.15, 0.2) is 0 Å². The second-order valence-corrected chi connectivity index (χ2v) is 3.43. The van der Waals surface area contributed by atoms with Gasteiger partial charge in [-0.25, -0.2) is 0 Å². The molecule has 0 amide bonds. The van der Waals surface area contributed by atoms with Gasteiger partial charge in [0.05, 0.1) is 40.0 Å². The molecule has 0 saturated carbocycles. The van der Waals surface area contributed by atoms with Crippen LogP contribution in [0.25, 0.3) is 0 Å². The molecule has 0 aliphatic rings. The van der Waals surface area contributed by atoms with Crippen LogP contribution in [0.3, 0.4) is 0 Å². The smallest absolute Gasteiger partial charge is 0.319 e. The number of ether oxygens (including phenoxy) is 3. The summed E-state index contributed by atoms with van der Waals surface area (Å²) in [4.78, 5) is 23.6. The van der Waals surface area contributed by atoms with Gasteiger partial charge in [-0.3, -0.25) is 14.5 Å². The molecule has 7 nitrogen and oxygen atoms in total. The zero-order valence-corrected chi connectivity index (χ0v) is 10.3. The number of rotatable bonds is 8. The van der Waals surface area contributed by atoms with E-state index in [2.05, 4.69) is 9.47 Å². The summed E-state index contributed by atoms with van der Waals surface area (Å²) in [6.07, 6.45) is -0.783. The summed E-state index contributed by atoms with van der Waals surface area (Å²) in [5.74, 6) is -0.975. The van der Waals surface area contributed by atoms with E-state index >= 15 is 0 Å². The van der Waals surface area contributed by atoms with Crippen molar-refractivity contribution >= 4 is 11.9 Å². The van der Waals surface area contributed by atoms with E-state index in [1.807, 2.05) is 0 Å². The largest absolute Gasteiger partial charge is 0.468 e. The number of carbonyl (C=O) groups is 2. The number of carbonyl (C=O) groups excluding carboxylic acids is 2. The monoisotopic (exact) mass is 249 g/mol. The number of hydrogen-bond acceptors (Lipinski definition) is 7. The maximum absolute atomic E-state index is 11.1. The standard InChI is InChI=1S/C10H19NO6/c1-15-7-8(12)4-11(5-9(13)16-2)6-10(14)17-3/h8,12H,4-7H2,1-3H3. The Morgan fingerprint density at radius 2 is 1.59 bits per heavy atom. The highest BCUT2D eigenvalue weighted by Crippen LogP contribution is 1.96. The fourth-order valence-electron chi connectivity index (χ4n) is 1.22. The topological polar surface area (TPSA) is 85.3 Å². The van der Waals surface area contributed by atoms with Crippen molar-refractivity contribution in [2.75, 3.05) is 47.6 Å². The fraction of sp³-hybridized carbons (Fsp3) is 0.800. The van der Waals surface area contributed by atoms with E-state index in [4.69, 9.17) is 4.74 Å². The van der Waals surface area contributed by atoms with Crippen LogP contribution in [0, 0.1) is 0 Å². The van der Waals surface area contributed by atoms with Gasteiger partial charge in [-0.15, -0.1) is 0 Å². The minimum absolute atomic E-state index is 0.0909. The second-order valence-electron chi connectivity index (χ2n) is 3.43. The summed E-state index contributed by atoms with van der Waals surface area (Å²) < 4.78 is 13.7. The van der Waals surface area contributed by atoms with Gasteiger partial charge in [0.1, 0.15) is 0 Å². The average Bonchev–Trinajstić information content (AvgIpc) is 2.28. The SMILES string of the molecule is COCC(O)CN(CC(=O)OC)CC(=O)OC. The lowest BCUT2D eigenvalue weighted by Gasteiger charge is -2.22. The van der Waals surface area contributed by atoms with Crippen LogP contribution in [0.2, 0.25) is 0 Å². The number of hydrogen-bond donors (Lipinski definition) is 1. The maximum atomic E-state index is 11.1. The molecule has 0 rings (SSSR count). The van der Waals surface area contributed by atoms with Crippen LogP contribution >= 0.6 is 0 Å². The molecule has 100 valence electrons. The minimum atomic E-state index is -0.783. The molecule has 0 aromatic carbocycles. The van der Waals surface area contributed by atoms with Gasteiger partial charge in [0, 0.05) is 13.7 Å². The summed E-state index contributed by atoms with van der Waals surface area (Å²) >= 11 is 0. The zero-order chi connectivity index (χ0) is 13.3. The molecule has 1 atom stereocenters. The molecule has 0 aliphatic carbocycles. The van der Waals surface area contributed by atoms with E-state index in [1.54, 1.807) is 0 Å². The summed E-state index contributed by atoms with van der Waals surface area (Å²) in [5.41, 5.74) is 0. The van der Waals surface area contributed by atoms with Gasteiger partial charge in [0.15, 0.2) is 0 Å². The molecule has 0 aromatic heterocycles. The molecule has 1 N–H and O–H groups in total. The second kappa shape index (κ2) is 8.91. The number of nitrogens with zero attached hydrogens (tertiary/aromatic N) is 1. The van der Waals surface area contributed by atoms with Crippen molar-refractivity contribution in [3.8, 4) is 0 Å². The summed E-state index contributed by atoms with van der Waals surface area (Å²) in [6, 6.07) is 0. The lowest BCUT2D eigenvalue weighted by atomic mass is 10.3. The fourth-order valence-corrected chi connectivity index (χ4v) is 1.22. The Bertz CT molecular complexity index is 227. The Labute approximate surface area is 100 Å². The van der Waals surface area contributed by atoms with Crippen molar-refractivity contribution < 1.29 is 28.9 Å². The van der Waals surface area contributed by atoms with Crippen LogP contribution in [0.1, 0.15) is 0 Å². The molecule has 0 aliphatic heterocycles. The molecule has 0 fully saturated rings. The average molecular weight is 249 g/mol. The van der Waals surface area contributed by atoms with E-state index in [-0.39, 0.29) is 26.2 Å². The Kier molecular flexibility index (Phi) is 8.29. The summed E-state index contributed by atoms with van der Waals surface area (Å²) in [7, 11) is 3.96. The number of esters is 2. The lowest BCUT2D eigenvalue weighted by molar-refractivity contribution is -0.146. The number of aliphatic hydroxyl groups is 1. The number of methoxy groups -OCH3 is 3. The highest BCUT2D eigenvalue weighted by atomic mass is 16.5.